The molecule has 0 aliphatic rings. The van der Waals surface area contributed by atoms with Gasteiger partial charge in [-0.2, -0.15) is 13.2 Å². The average molecular weight is 287 g/mol. The maximum absolute atomic E-state index is 12.5. The summed E-state index contributed by atoms with van der Waals surface area (Å²) in [5.41, 5.74) is 0.407. The van der Waals surface area contributed by atoms with Crippen LogP contribution in [0.4, 0.5) is 13.2 Å². The van der Waals surface area contributed by atoms with Gasteiger partial charge in [0, 0.05) is 18.1 Å². The lowest BCUT2D eigenvalue weighted by molar-refractivity contribution is -0.137. The largest absolute Gasteiger partial charge is 0.416 e. The summed E-state index contributed by atoms with van der Waals surface area (Å²) < 4.78 is 37.4. The molecule has 2 nitrogen and oxygen atoms in total. The van der Waals surface area contributed by atoms with E-state index >= 15 is 0 Å². The zero-order valence-electron chi connectivity index (χ0n) is 10.0. The van der Waals surface area contributed by atoms with Crippen molar-refractivity contribution in [3.05, 3.63) is 46.9 Å². The summed E-state index contributed by atoms with van der Waals surface area (Å²) in [6.07, 6.45) is -3.73. The molecule has 0 bridgehead atoms. The number of rotatable bonds is 2. The second-order valence-electron chi connectivity index (χ2n) is 3.92. The van der Waals surface area contributed by atoms with Crippen molar-refractivity contribution < 1.29 is 13.2 Å². The van der Waals surface area contributed by atoms with Crippen molar-refractivity contribution in [1.29, 1.82) is 0 Å². The Hall–Kier alpha value is -1.62. The Bertz CT molecular complexity index is 579. The lowest BCUT2D eigenvalue weighted by Crippen LogP contribution is -2.04. The number of benzene rings is 1. The van der Waals surface area contributed by atoms with Crippen LogP contribution in [-0.2, 0) is 12.6 Å². The highest BCUT2D eigenvalue weighted by Crippen LogP contribution is 2.30. The van der Waals surface area contributed by atoms with Crippen molar-refractivity contribution in [3.63, 3.8) is 0 Å². The zero-order valence-corrected chi connectivity index (χ0v) is 10.8. The van der Waals surface area contributed by atoms with E-state index in [0.717, 1.165) is 12.1 Å². The molecule has 2 rings (SSSR count). The van der Waals surface area contributed by atoms with Crippen LogP contribution in [0.1, 0.15) is 18.3 Å². The minimum atomic E-state index is -4.34. The molecule has 1 aromatic carbocycles. The summed E-state index contributed by atoms with van der Waals surface area (Å²) in [6.45, 7) is 1.88. The van der Waals surface area contributed by atoms with E-state index in [1.807, 2.05) is 6.92 Å². The second-order valence-corrected chi connectivity index (χ2v) is 4.31. The normalized spacial score (nSPS) is 11.6. The van der Waals surface area contributed by atoms with Gasteiger partial charge in [0.25, 0.3) is 0 Å². The van der Waals surface area contributed by atoms with E-state index in [9.17, 15) is 13.2 Å². The Balaban J connectivity index is 2.40. The summed E-state index contributed by atoms with van der Waals surface area (Å²) in [7, 11) is 0. The van der Waals surface area contributed by atoms with Crippen LogP contribution in [0.5, 0.6) is 0 Å². The van der Waals surface area contributed by atoms with Crippen LogP contribution in [0.15, 0.2) is 30.3 Å². The third-order valence-corrected chi connectivity index (χ3v) is 2.76. The molecular weight excluding hydrogens is 277 g/mol. The van der Waals surface area contributed by atoms with Crippen LogP contribution < -0.4 is 0 Å². The number of hydrogen-bond donors (Lipinski definition) is 0. The maximum atomic E-state index is 12.5. The minimum Gasteiger partial charge on any atom is -0.233 e. The number of hydrogen-bond acceptors (Lipinski definition) is 2. The molecule has 1 heterocycles. The first-order chi connectivity index (χ1) is 8.90. The molecule has 100 valence electrons. The molecule has 19 heavy (non-hydrogen) atoms. The lowest BCUT2D eigenvalue weighted by atomic mass is 10.1. The Morgan fingerprint density at radius 3 is 2.26 bits per heavy atom. The van der Waals surface area contributed by atoms with Crippen LogP contribution in [0.3, 0.4) is 0 Å². The van der Waals surface area contributed by atoms with Crippen molar-refractivity contribution >= 4 is 11.6 Å². The summed E-state index contributed by atoms with van der Waals surface area (Å²) >= 11 is 5.85. The Morgan fingerprint density at radius 1 is 1.11 bits per heavy atom. The number of aromatic nitrogens is 2. The second kappa shape index (κ2) is 5.17. The predicted molar refractivity (Wildman–Crippen MR) is 66.9 cm³/mol. The van der Waals surface area contributed by atoms with Crippen molar-refractivity contribution in [1.82, 2.24) is 9.97 Å². The minimum absolute atomic E-state index is 0.279. The van der Waals surface area contributed by atoms with Crippen molar-refractivity contribution in [3.8, 4) is 11.3 Å². The number of halogens is 4. The van der Waals surface area contributed by atoms with Crippen molar-refractivity contribution in [2.45, 2.75) is 19.5 Å². The van der Waals surface area contributed by atoms with Gasteiger partial charge in [-0.05, 0) is 12.1 Å². The van der Waals surface area contributed by atoms with Crippen LogP contribution in [0.2, 0.25) is 5.15 Å². The zero-order chi connectivity index (χ0) is 14.0. The Morgan fingerprint density at radius 2 is 1.74 bits per heavy atom. The first-order valence-electron chi connectivity index (χ1n) is 5.61. The average Bonchev–Trinajstić information content (AvgIpc) is 2.37. The molecule has 0 atom stereocenters. The quantitative estimate of drug-likeness (QED) is 0.766. The molecule has 0 saturated carbocycles. The monoisotopic (exact) mass is 286 g/mol. The molecule has 2 aromatic rings. The van der Waals surface area contributed by atoms with Gasteiger partial charge in [0.2, 0.25) is 0 Å². The SMILES string of the molecule is CCc1nc(Cl)cc(-c2ccc(C(F)(F)F)cc2)n1. The Kier molecular flexibility index (Phi) is 3.75. The molecule has 0 amide bonds. The molecule has 0 radical (unpaired) electrons. The smallest absolute Gasteiger partial charge is 0.233 e. The van der Waals surface area contributed by atoms with E-state index in [0.29, 0.717) is 23.5 Å². The molecular formula is C13H10ClF3N2. The van der Waals surface area contributed by atoms with E-state index in [4.69, 9.17) is 11.6 Å². The van der Waals surface area contributed by atoms with Gasteiger partial charge in [0.15, 0.2) is 0 Å². The summed E-state index contributed by atoms with van der Waals surface area (Å²) in [5.74, 6) is 0.558. The van der Waals surface area contributed by atoms with Gasteiger partial charge in [-0.3, -0.25) is 0 Å². The highest BCUT2D eigenvalue weighted by Gasteiger charge is 2.30. The number of alkyl halides is 3. The van der Waals surface area contributed by atoms with E-state index in [2.05, 4.69) is 9.97 Å². The highest BCUT2D eigenvalue weighted by atomic mass is 35.5. The van der Waals surface area contributed by atoms with Gasteiger partial charge in [-0.15, -0.1) is 0 Å². The van der Waals surface area contributed by atoms with E-state index < -0.39 is 11.7 Å². The van der Waals surface area contributed by atoms with E-state index in [1.165, 1.54) is 18.2 Å². The Labute approximate surface area is 113 Å². The van der Waals surface area contributed by atoms with Crippen LogP contribution >= 0.6 is 11.6 Å². The highest BCUT2D eigenvalue weighted by molar-refractivity contribution is 6.29. The molecule has 6 heteroatoms. The molecule has 0 N–H and O–H groups in total. The van der Waals surface area contributed by atoms with Crippen molar-refractivity contribution in [2.75, 3.05) is 0 Å². The molecule has 0 aliphatic carbocycles. The molecule has 0 spiro atoms. The van der Waals surface area contributed by atoms with Gasteiger partial charge >= 0.3 is 6.18 Å². The lowest BCUT2D eigenvalue weighted by Gasteiger charge is -2.08. The fraction of sp³-hybridized carbons (Fsp3) is 0.231. The van der Waals surface area contributed by atoms with E-state index in [-0.39, 0.29) is 5.15 Å². The summed E-state index contributed by atoms with van der Waals surface area (Å²) in [4.78, 5) is 8.25. The molecule has 0 aliphatic heterocycles. The third kappa shape index (κ3) is 3.23. The molecule has 0 saturated heterocycles. The fourth-order valence-electron chi connectivity index (χ4n) is 1.60. The maximum Gasteiger partial charge on any atom is 0.416 e. The first kappa shape index (κ1) is 13.8. The van der Waals surface area contributed by atoms with E-state index in [1.54, 1.807) is 0 Å². The summed E-state index contributed by atoms with van der Waals surface area (Å²) in [5, 5.41) is 0.279. The van der Waals surface area contributed by atoms with Gasteiger partial charge in [0.05, 0.1) is 11.3 Å². The van der Waals surface area contributed by atoms with Crippen LogP contribution in [0, 0.1) is 0 Å². The standard InChI is InChI=1S/C13H10ClF3N2/c1-2-12-18-10(7-11(14)19-12)8-3-5-9(6-4-8)13(15,16)17/h3-7H,2H2,1H3. The van der Waals surface area contributed by atoms with Gasteiger partial charge in [-0.25, -0.2) is 9.97 Å². The fourth-order valence-corrected chi connectivity index (χ4v) is 1.80. The first-order valence-corrected chi connectivity index (χ1v) is 5.99. The number of aryl methyl sites for hydroxylation is 1. The third-order valence-electron chi connectivity index (χ3n) is 2.57. The number of nitrogens with zero attached hydrogens (tertiary/aromatic N) is 2. The topological polar surface area (TPSA) is 25.8 Å². The van der Waals surface area contributed by atoms with Crippen LogP contribution in [0.25, 0.3) is 11.3 Å². The predicted octanol–water partition coefficient (Wildman–Crippen LogP) is 4.38. The molecule has 0 fully saturated rings. The molecule has 0 unspecified atom stereocenters. The molecule has 1 aromatic heterocycles. The van der Waals surface area contributed by atoms with Gasteiger partial charge in [-0.1, -0.05) is 30.7 Å². The summed E-state index contributed by atoms with van der Waals surface area (Å²) in [6, 6.07) is 6.33. The van der Waals surface area contributed by atoms with Crippen LogP contribution in [-0.4, -0.2) is 9.97 Å². The van der Waals surface area contributed by atoms with Crippen molar-refractivity contribution in [2.24, 2.45) is 0 Å². The van der Waals surface area contributed by atoms with Gasteiger partial charge < -0.3 is 0 Å². The van der Waals surface area contributed by atoms with Gasteiger partial charge in [0.1, 0.15) is 11.0 Å².